The zero-order valence-electron chi connectivity index (χ0n) is 15.5. The molecule has 1 heterocycles. The first-order valence-corrected chi connectivity index (χ1v) is 9.86. The van der Waals surface area contributed by atoms with E-state index in [1.54, 1.807) is 0 Å². The maximum Gasteiger partial charge on any atom is 0.110 e. The van der Waals surface area contributed by atoms with Crippen molar-refractivity contribution in [3.05, 3.63) is 66.0 Å². The Labute approximate surface area is 151 Å². The van der Waals surface area contributed by atoms with E-state index in [0.29, 0.717) is 0 Å². The lowest BCUT2D eigenvalue weighted by molar-refractivity contribution is 0.552. The van der Waals surface area contributed by atoms with Crippen molar-refractivity contribution < 1.29 is 0 Å². The van der Waals surface area contributed by atoms with E-state index in [2.05, 4.69) is 66.1 Å². The summed E-state index contributed by atoms with van der Waals surface area (Å²) in [6, 6.07) is 19.3. The molecule has 25 heavy (non-hydrogen) atoms. The SMILES string of the molecule is CCCCCCCCn1c(CCc2ccccc2)nc2ccccc21. The van der Waals surface area contributed by atoms with Crippen molar-refractivity contribution in [3.63, 3.8) is 0 Å². The van der Waals surface area contributed by atoms with Crippen molar-refractivity contribution in [3.8, 4) is 0 Å². The summed E-state index contributed by atoms with van der Waals surface area (Å²) in [6.07, 6.45) is 10.1. The standard InChI is InChI=1S/C23H30N2/c1-2-3-4-5-6-12-19-25-22-16-11-10-15-21(22)24-23(25)18-17-20-13-8-7-9-14-20/h7-11,13-16H,2-6,12,17-19H2,1H3. The number of unbranched alkanes of at least 4 members (excludes halogenated alkanes) is 5. The van der Waals surface area contributed by atoms with Crippen molar-refractivity contribution in [1.82, 2.24) is 9.55 Å². The summed E-state index contributed by atoms with van der Waals surface area (Å²) in [6.45, 7) is 3.37. The van der Waals surface area contributed by atoms with Crippen LogP contribution in [0.3, 0.4) is 0 Å². The quantitative estimate of drug-likeness (QED) is 0.405. The molecule has 0 aliphatic carbocycles. The van der Waals surface area contributed by atoms with Gasteiger partial charge in [0.25, 0.3) is 0 Å². The van der Waals surface area contributed by atoms with E-state index in [1.165, 1.54) is 55.4 Å². The molecule has 3 rings (SSSR count). The Morgan fingerprint density at radius 2 is 1.48 bits per heavy atom. The molecule has 0 aliphatic heterocycles. The van der Waals surface area contributed by atoms with Crippen LogP contribution in [0.4, 0.5) is 0 Å². The lowest BCUT2D eigenvalue weighted by Gasteiger charge is -2.09. The lowest BCUT2D eigenvalue weighted by atomic mass is 10.1. The van der Waals surface area contributed by atoms with Crippen molar-refractivity contribution in [2.24, 2.45) is 0 Å². The van der Waals surface area contributed by atoms with Gasteiger partial charge in [-0.2, -0.15) is 0 Å². The van der Waals surface area contributed by atoms with Gasteiger partial charge < -0.3 is 4.57 Å². The fourth-order valence-electron chi connectivity index (χ4n) is 3.52. The number of rotatable bonds is 10. The Morgan fingerprint density at radius 1 is 0.760 bits per heavy atom. The van der Waals surface area contributed by atoms with Gasteiger partial charge in [-0.05, 0) is 30.5 Å². The van der Waals surface area contributed by atoms with Crippen LogP contribution < -0.4 is 0 Å². The Kier molecular flexibility index (Phi) is 6.67. The first-order valence-electron chi connectivity index (χ1n) is 9.86. The van der Waals surface area contributed by atoms with Crippen molar-refractivity contribution in [2.45, 2.75) is 64.8 Å². The molecule has 2 aromatic carbocycles. The van der Waals surface area contributed by atoms with Gasteiger partial charge in [-0.25, -0.2) is 4.98 Å². The fraction of sp³-hybridized carbons (Fsp3) is 0.435. The molecular weight excluding hydrogens is 304 g/mol. The number of imidazole rings is 1. The highest BCUT2D eigenvalue weighted by Crippen LogP contribution is 2.19. The summed E-state index contributed by atoms with van der Waals surface area (Å²) < 4.78 is 2.46. The van der Waals surface area contributed by atoms with Crippen molar-refractivity contribution >= 4 is 11.0 Å². The van der Waals surface area contributed by atoms with Crippen LogP contribution in [-0.4, -0.2) is 9.55 Å². The molecule has 0 spiro atoms. The molecule has 2 heteroatoms. The fourth-order valence-corrected chi connectivity index (χ4v) is 3.52. The smallest absolute Gasteiger partial charge is 0.110 e. The minimum absolute atomic E-state index is 1.01. The average molecular weight is 335 g/mol. The number of benzene rings is 2. The minimum Gasteiger partial charge on any atom is -0.328 e. The highest BCUT2D eigenvalue weighted by molar-refractivity contribution is 5.75. The normalized spacial score (nSPS) is 11.2. The third-order valence-corrected chi connectivity index (χ3v) is 4.95. The highest BCUT2D eigenvalue weighted by atomic mass is 15.1. The van der Waals surface area contributed by atoms with E-state index >= 15 is 0 Å². The minimum atomic E-state index is 1.01. The Morgan fingerprint density at radius 3 is 2.32 bits per heavy atom. The van der Waals surface area contributed by atoms with Gasteiger partial charge in [0.1, 0.15) is 5.82 Å². The molecule has 1 aromatic heterocycles. The van der Waals surface area contributed by atoms with Gasteiger partial charge in [-0.3, -0.25) is 0 Å². The average Bonchev–Trinajstić information content (AvgIpc) is 3.01. The number of para-hydroxylation sites is 2. The second kappa shape index (κ2) is 9.41. The van der Waals surface area contributed by atoms with Crippen LogP contribution in [0, 0.1) is 0 Å². The van der Waals surface area contributed by atoms with E-state index in [4.69, 9.17) is 4.98 Å². The van der Waals surface area contributed by atoms with Crippen LogP contribution in [0.1, 0.15) is 56.8 Å². The van der Waals surface area contributed by atoms with E-state index in [-0.39, 0.29) is 0 Å². The van der Waals surface area contributed by atoms with Crippen molar-refractivity contribution in [2.75, 3.05) is 0 Å². The number of nitrogens with zero attached hydrogens (tertiary/aromatic N) is 2. The number of fused-ring (bicyclic) bond motifs is 1. The van der Waals surface area contributed by atoms with Crippen LogP contribution >= 0.6 is 0 Å². The maximum absolute atomic E-state index is 4.92. The van der Waals surface area contributed by atoms with Gasteiger partial charge in [0.15, 0.2) is 0 Å². The molecule has 132 valence electrons. The molecule has 0 saturated carbocycles. The van der Waals surface area contributed by atoms with Crippen LogP contribution in [0.15, 0.2) is 54.6 Å². The van der Waals surface area contributed by atoms with Gasteiger partial charge in [0.05, 0.1) is 11.0 Å². The summed E-state index contributed by atoms with van der Waals surface area (Å²) in [5.74, 6) is 1.23. The molecule has 0 radical (unpaired) electrons. The molecule has 0 amide bonds. The Bertz CT molecular complexity index is 758. The monoisotopic (exact) mass is 334 g/mol. The molecule has 0 unspecified atom stereocenters. The Balaban J connectivity index is 1.66. The molecule has 0 atom stereocenters. The summed E-state index contributed by atoms with van der Waals surface area (Å²) in [5, 5.41) is 0. The van der Waals surface area contributed by atoms with Gasteiger partial charge in [0.2, 0.25) is 0 Å². The predicted octanol–water partition coefficient (Wildman–Crippen LogP) is 6.18. The maximum atomic E-state index is 4.92. The zero-order chi connectivity index (χ0) is 17.3. The van der Waals surface area contributed by atoms with Gasteiger partial charge in [0, 0.05) is 13.0 Å². The molecule has 2 nitrogen and oxygen atoms in total. The molecular formula is C23H30N2. The van der Waals surface area contributed by atoms with Crippen LogP contribution in [0.2, 0.25) is 0 Å². The van der Waals surface area contributed by atoms with Crippen LogP contribution in [-0.2, 0) is 19.4 Å². The van der Waals surface area contributed by atoms with Gasteiger partial charge in [-0.1, -0.05) is 81.5 Å². The van der Waals surface area contributed by atoms with Gasteiger partial charge in [-0.15, -0.1) is 0 Å². The van der Waals surface area contributed by atoms with Gasteiger partial charge >= 0.3 is 0 Å². The van der Waals surface area contributed by atoms with E-state index in [0.717, 1.165) is 24.9 Å². The topological polar surface area (TPSA) is 17.8 Å². The largest absolute Gasteiger partial charge is 0.328 e. The van der Waals surface area contributed by atoms with Crippen LogP contribution in [0.5, 0.6) is 0 Å². The number of hydrogen-bond acceptors (Lipinski definition) is 1. The van der Waals surface area contributed by atoms with E-state index in [9.17, 15) is 0 Å². The summed E-state index contributed by atoms with van der Waals surface area (Å²) in [5.41, 5.74) is 3.82. The molecule has 0 N–H and O–H groups in total. The molecule has 0 fully saturated rings. The third-order valence-electron chi connectivity index (χ3n) is 4.95. The predicted molar refractivity (Wildman–Crippen MR) is 107 cm³/mol. The number of aromatic nitrogens is 2. The summed E-state index contributed by atoms with van der Waals surface area (Å²) in [7, 11) is 0. The highest BCUT2D eigenvalue weighted by Gasteiger charge is 2.10. The summed E-state index contributed by atoms with van der Waals surface area (Å²) in [4.78, 5) is 4.92. The second-order valence-corrected chi connectivity index (χ2v) is 6.92. The van der Waals surface area contributed by atoms with E-state index < -0.39 is 0 Å². The van der Waals surface area contributed by atoms with Crippen LogP contribution in [0.25, 0.3) is 11.0 Å². The number of hydrogen-bond donors (Lipinski definition) is 0. The lowest BCUT2D eigenvalue weighted by Crippen LogP contribution is -2.06. The number of aryl methyl sites for hydroxylation is 3. The molecule has 0 saturated heterocycles. The first kappa shape index (κ1) is 17.7. The molecule has 0 bridgehead atoms. The second-order valence-electron chi connectivity index (χ2n) is 6.92. The van der Waals surface area contributed by atoms with Crippen molar-refractivity contribution in [1.29, 1.82) is 0 Å². The molecule has 0 aliphatic rings. The van der Waals surface area contributed by atoms with E-state index in [1.807, 2.05) is 0 Å². The first-order chi connectivity index (χ1) is 12.4. The third kappa shape index (κ3) is 4.94. The zero-order valence-corrected chi connectivity index (χ0v) is 15.5. The Hall–Kier alpha value is -2.09. The summed E-state index contributed by atoms with van der Waals surface area (Å²) >= 11 is 0. The molecule has 3 aromatic rings.